The molecule has 1 amide bonds. The van der Waals surface area contributed by atoms with Crippen molar-refractivity contribution in [3.05, 3.63) is 35.1 Å². The number of piperidine rings is 1. The van der Waals surface area contributed by atoms with Gasteiger partial charge in [0, 0.05) is 24.2 Å². The number of likely N-dealkylation sites (tertiary alicyclic amines) is 1. The fourth-order valence-electron chi connectivity index (χ4n) is 2.08. The lowest BCUT2D eigenvalue weighted by atomic mass is 10.1. The van der Waals surface area contributed by atoms with E-state index in [2.05, 4.69) is 5.92 Å². The monoisotopic (exact) mass is 231 g/mol. The van der Waals surface area contributed by atoms with Crippen molar-refractivity contribution in [2.75, 3.05) is 13.1 Å². The number of carbonyl (C=O) groups excluding carboxylic acids is 1. The van der Waals surface area contributed by atoms with Gasteiger partial charge in [-0.25, -0.2) is 4.39 Å². The van der Waals surface area contributed by atoms with Crippen LogP contribution in [-0.4, -0.2) is 23.9 Å². The average Bonchev–Trinajstić information content (AvgIpc) is 2.38. The number of benzene rings is 1. The Hall–Kier alpha value is -1.82. The average molecular weight is 231 g/mol. The smallest absolute Gasteiger partial charge is 0.253 e. The van der Waals surface area contributed by atoms with Gasteiger partial charge in [0.2, 0.25) is 0 Å². The summed E-state index contributed by atoms with van der Waals surface area (Å²) in [7, 11) is 0. The van der Waals surface area contributed by atoms with Crippen molar-refractivity contribution >= 4 is 5.91 Å². The van der Waals surface area contributed by atoms with Crippen LogP contribution in [0.3, 0.4) is 0 Å². The molecule has 0 unspecified atom stereocenters. The highest BCUT2D eigenvalue weighted by Crippen LogP contribution is 2.15. The molecule has 1 aliphatic rings. The van der Waals surface area contributed by atoms with Crippen LogP contribution in [0.15, 0.2) is 18.2 Å². The summed E-state index contributed by atoms with van der Waals surface area (Å²) < 4.78 is 13.3. The van der Waals surface area contributed by atoms with Crippen LogP contribution in [0.1, 0.15) is 35.2 Å². The quantitative estimate of drug-likeness (QED) is 0.680. The van der Waals surface area contributed by atoms with Gasteiger partial charge in [0.15, 0.2) is 0 Å². The van der Waals surface area contributed by atoms with E-state index in [9.17, 15) is 9.18 Å². The zero-order chi connectivity index (χ0) is 12.3. The molecule has 1 fully saturated rings. The van der Waals surface area contributed by atoms with E-state index in [1.54, 1.807) is 11.0 Å². The lowest BCUT2D eigenvalue weighted by Crippen LogP contribution is -2.35. The highest BCUT2D eigenvalue weighted by molar-refractivity contribution is 5.94. The summed E-state index contributed by atoms with van der Waals surface area (Å²) >= 11 is 0. The van der Waals surface area contributed by atoms with Crippen LogP contribution >= 0.6 is 0 Å². The minimum atomic E-state index is -0.458. The molecule has 2 rings (SSSR count). The Balaban J connectivity index is 2.24. The number of terminal acetylenes is 1. The third-order valence-corrected chi connectivity index (χ3v) is 2.95. The van der Waals surface area contributed by atoms with E-state index < -0.39 is 5.82 Å². The molecule has 1 aromatic rings. The minimum absolute atomic E-state index is 0.124. The van der Waals surface area contributed by atoms with Gasteiger partial charge in [0.1, 0.15) is 5.82 Å². The second-order valence-corrected chi connectivity index (χ2v) is 4.23. The second-order valence-electron chi connectivity index (χ2n) is 4.23. The molecule has 0 bridgehead atoms. The molecule has 1 heterocycles. The maximum absolute atomic E-state index is 13.3. The predicted octanol–water partition coefficient (Wildman–Crippen LogP) is 2.43. The minimum Gasteiger partial charge on any atom is -0.339 e. The Labute approximate surface area is 100 Å². The summed E-state index contributed by atoms with van der Waals surface area (Å²) in [5.41, 5.74) is 0.755. The topological polar surface area (TPSA) is 20.3 Å². The van der Waals surface area contributed by atoms with Crippen LogP contribution in [0, 0.1) is 18.2 Å². The molecule has 0 atom stereocenters. The van der Waals surface area contributed by atoms with E-state index in [0.717, 1.165) is 32.4 Å². The number of hydrogen-bond donors (Lipinski definition) is 0. The van der Waals surface area contributed by atoms with Gasteiger partial charge in [-0.15, -0.1) is 6.42 Å². The summed E-state index contributed by atoms with van der Waals surface area (Å²) in [6.45, 7) is 1.50. The summed E-state index contributed by atoms with van der Waals surface area (Å²) in [4.78, 5) is 13.9. The molecule has 2 nitrogen and oxygen atoms in total. The van der Waals surface area contributed by atoms with Crippen molar-refractivity contribution < 1.29 is 9.18 Å². The Morgan fingerprint density at radius 1 is 1.24 bits per heavy atom. The zero-order valence-electron chi connectivity index (χ0n) is 9.58. The third-order valence-electron chi connectivity index (χ3n) is 2.95. The maximum atomic E-state index is 13.3. The SMILES string of the molecule is C#Cc1cc(F)cc(C(=O)N2CCCCC2)c1. The fourth-order valence-corrected chi connectivity index (χ4v) is 2.08. The number of halogens is 1. The number of amides is 1. The molecule has 1 aromatic carbocycles. The van der Waals surface area contributed by atoms with E-state index in [-0.39, 0.29) is 5.91 Å². The van der Waals surface area contributed by atoms with Crippen LogP contribution in [0.25, 0.3) is 0 Å². The van der Waals surface area contributed by atoms with Crippen molar-refractivity contribution in [3.63, 3.8) is 0 Å². The molecular formula is C14H14FNO. The largest absolute Gasteiger partial charge is 0.339 e. The molecule has 88 valence electrons. The first-order valence-corrected chi connectivity index (χ1v) is 5.77. The van der Waals surface area contributed by atoms with Crippen molar-refractivity contribution in [2.24, 2.45) is 0 Å². The molecule has 1 aliphatic heterocycles. The first kappa shape index (κ1) is 11.7. The Morgan fingerprint density at radius 3 is 2.59 bits per heavy atom. The molecule has 0 saturated carbocycles. The molecule has 1 saturated heterocycles. The molecular weight excluding hydrogens is 217 g/mol. The molecule has 17 heavy (non-hydrogen) atoms. The molecule has 3 heteroatoms. The number of nitrogens with zero attached hydrogens (tertiary/aromatic N) is 1. The van der Waals surface area contributed by atoms with E-state index in [1.165, 1.54) is 12.1 Å². The van der Waals surface area contributed by atoms with Gasteiger partial charge in [0.25, 0.3) is 5.91 Å². The van der Waals surface area contributed by atoms with Crippen molar-refractivity contribution in [2.45, 2.75) is 19.3 Å². The van der Waals surface area contributed by atoms with Gasteiger partial charge in [-0.2, -0.15) is 0 Å². The molecule has 0 N–H and O–H groups in total. The summed E-state index contributed by atoms with van der Waals surface area (Å²) in [5.74, 6) is 1.77. The Morgan fingerprint density at radius 2 is 1.94 bits per heavy atom. The molecule has 0 spiro atoms. The summed E-state index contributed by atoms with van der Waals surface area (Å²) in [6.07, 6.45) is 8.41. The lowest BCUT2D eigenvalue weighted by Gasteiger charge is -2.26. The van der Waals surface area contributed by atoms with Crippen LogP contribution in [0.5, 0.6) is 0 Å². The summed E-state index contributed by atoms with van der Waals surface area (Å²) in [5, 5.41) is 0. The van der Waals surface area contributed by atoms with E-state index in [0.29, 0.717) is 11.1 Å². The fraction of sp³-hybridized carbons (Fsp3) is 0.357. The normalized spacial score (nSPS) is 15.4. The van der Waals surface area contributed by atoms with E-state index >= 15 is 0 Å². The van der Waals surface area contributed by atoms with E-state index in [1.807, 2.05) is 0 Å². The third kappa shape index (κ3) is 2.65. The van der Waals surface area contributed by atoms with Crippen molar-refractivity contribution in [3.8, 4) is 12.3 Å². The Bertz CT molecular complexity index is 470. The van der Waals surface area contributed by atoms with Crippen LogP contribution in [-0.2, 0) is 0 Å². The van der Waals surface area contributed by atoms with Crippen LogP contribution in [0.4, 0.5) is 4.39 Å². The molecule has 0 radical (unpaired) electrons. The first-order chi connectivity index (χ1) is 8.20. The molecule has 0 aliphatic carbocycles. The van der Waals surface area contributed by atoms with Crippen molar-refractivity contribution in [1.82, 2.24) is 4.90 Å². The Kier molecular flexibility index (Phi) is 3.43. The van der Waals surface area contributed by atoms with Gasteiger partial charge in [-0.05, 0) is 37.5 Å². The van der Waals surface area contributed by atoms with Gasteiger partial charge >= 0.3 is 0 Å². The first-order valence-electron chi connectivity index (χ1n) is 5.77. The summed E-state index contributed by atoms with van der Waals surface area (Å²) in [6, 6.07) is 4.07. The highest BCUT2D eigenvalue weighted by Gasteiger charge is 2.18. The number of hydrogen-bond acceptors (Lipinski definition) is 1. The highest BCUT2D eigenvalue weighted by atomic mass is 19.1. The number of carbonyl (C=O) groups is 1. The second kappa shape index (κ2) is 5.01. The van der Waals surface area contributed by atoms with E-state index in [4.69, 9.17) is 6.42 Å². The predicted molar refractivity (Wildman–Crippen MR) is 64.1 cm³/mol. The number of rotatable bonds is 1. The van der Waals surface area contributed by atoms with Crippen molar-refractivity contribution in [1.29, 1.82) is 0 Å². The van der Waals surface area contributed by atoms with Gasteiger partial charge < -0.3 is 4.90 Å². The van der Waals surface area contributed by atoms with Gasteiger partial charge in [0.05, 0.1) is 0 Å². The lowest BCUT2D eigenvalue weighted by molar-refractivity contribution is 0.0724. The van der Waals surface area contributed by atoms with Gasteiger partial charge in [-0.3, -0.25) is 4.79 Å². The van der Waals surface area contributed by atoms with Crippen LogP contribution in [0.2, 0.25) is 0 Å². The zero-order valence-corrected chi connectivity index (χ0v) is 9.58. The maximum Gasteiger partial charge on any atom is 0.253 e. The molecule has 0 aromatic heterocycles. The standard InChI is InChI=1S/C14H14FNO/c1-2-11-8-12(10-13(15)9-11)14(17)16-6-4-3-5-7-16/h1,8-10H,3-7H2. The van der Waals surface area contributed by atoms with Gasteiger partial charge in [-0.1, -0.05) is 5.92 Å². The van der Waals surface area contributed by atoms with Crippen LogP contribution < -0.4 is 0 Å².